The van der Waals surface area contributed by atoms with Gasteiger partial charge in [-0.25, -0.2) is 9.59 Å². The van der Waals surface area contributed by atoms with Gasteiger partial charge in [-0.2, -0.15) is 0 Å². The summed E-state index contributed by atoms with van der Waals surface area (Å²) in [7, 11) is 0. The number of fused-ring (bicyclic) bond motifs is 2. The molecule has 1 fully saturated rings. The number of ketones is 2. The van der Waals surface area contributed by atoms with Crippen molar-refractivity contribution < 1.29 is 33.6 Å². The SMILES string of the molecule is CC1CC(OC(=O)c2ccc3c(c2[N+](=O)[O-])C(=O)c2ccccc2C3=O)C(=O)O1. The van der Waals surface area contributed by atoms with Gasteiger partial charge in [0.05, 0.1) is 4.92 Å². The number of cyclic esters (lactones) is 1. The molecule has 2 atom stereocenters. The first kappa shape index (κ1) is 18.5. The Hall–Kier alpha value is -3.88. The zero-order valence-electron chi connectivity index (χ0n) is 15.0. The Balaban J connectivity index is 1.81. The fraction of sp³-hybridized carbons (Fsp3) is 0.200. The lowest BCUT2D eigenvalue weighted by Crippen LogP contribution is -2.26. The van der Waals surface area contributed by atoms with Crippen LogP contribution >= 0.6 is 0 Å². The van der Waals surface area contributed by atoms with Crippen molar-refractivity contribution in [2.24, 2.45) is 0 Å². The van der Waals surface area contributed by atoms with E-state index in [1.807, 2.05) is 0 Å². The van der Waals surface area contributed by atoms with Gasteiger partial charge in [0.25, 0.3) is 5.69 Å². The third-order valence-electron chi connectivity index (χ3n) is 4.84. The quantitative estimate of drug-likeness (QED) is 0.375. The number of hydrogen-bond acceptors (Lipinski definition) is 8. The van der Waals surface area contributed by atoms with Crippen LogP contribution in [0.3, 0.4) is 0 Å². The lowest BCUT2D eigenvalue weighted by molar-refractivity contribution is -0.385. The Kier molecular flexibility index (Phi) is 4.22. The van der Waals surface area contributed by atoms with Gasteiger partial charge in [-0.15, -0.1) is 0 Å². The molecule has 2 aromatic carbocycles. The van der Waals surface area contributed by atoms with Gasteiger partial charge in [0.15, 0.2) is 5.78 Å². The first-order chi connectivity index (χ1) is 13.8. The molecule has 1 heterocycles. The highest BCUT2D eigenvalue weighted by molar-refractivity contribution is 6.30. The van der Waals surface area contributed by atoms with Gasteiger partial charge in [-0.05, 0) is 19.1 Å². The van der Waals surface area contributed by atoms with Gasteiger partial charge in [0.2, 0.25) is 11.9 Å². The van der Waals surface area contributed by atoms with E-state index in [-0.39, 0.29) is 23.1 Å². The van der Waals surface area contributed by atoms with Crippen molar-refractivity contribution in [2.75, 3.05) is 0 Å². The predicted octanol–water partition coefficient (Wildman–Crippen LogP) is 2.23. The smallest absolute Gasteiger partial charge is 0.347 e. The molecule has 0 amide bonds. The number of carbonyl (C=O) groups is 4. The second-order valence-electron chi connectivity index (χ2n) is 6.72. The Morgan fingerprint density at radius 3 is 2.31 bits per heavy atom. The molecule has 1 aliphatic carbocycles. The number of rotatable bonds is 3. The van der Waals surface area contributed by atoms with Crippen LogP contribution in [0.2, 0.25) is 0 Å². The molecule has 9 nitrogen and oxygen atoms in total. The van der Waals surface area contributed by atoms with Gasteiger partial charge in [0, 0.05) is 23.1 Å². The third-order valence-corrected chi connectivity index (χ3v) is 4.84. The summed E-state index contributed by atoms with van der Waals surface area (Å²) in [5, 5.41) is 11.8. The van der Waals surface area contributed by atoms with E-state index in [0.717, 1.165) is 6.07 Å². The van der Waals surface area contributed by atoms with Crippen LogP contribution in [0.5, 0.6) is 0 Å². The van der Waals surface area contributed by atoms with Crippen LogP contribution in [0, 0.1) is 10.1 Å². The van der Waals surface area contributed by atoms with Gasteiger partial charge in [-0.1, -0.05) is 24.3 Å². The number of nitro benzene ring substituents is 1. The Morgan fingerprint density at radius 1 is 1.07 bits per heavy atom. The molecule has 2 aromatic rings. The average Bonchev–Trinajstić information content (AvgIpc) is 3.01. The fourth-order valence-electron chi connectivity index (χ4n) is 3.53. The van der Waals surface area contributed by atoms with Crippen molar-refractivity contribution in [3.8, 4) is 0 Å². The normalized spacial score (nSPS) is 20.0. The Labute approximate surface area is 163 Å². The highest BCUT2D eigenvalue weighted by atomic mass is 16.6. The number of hydrogen-bond donors (Lipinski definition) is 0. The lowest BCUT2D eigenvalue weighted by Gasteiger charge is -2.18. The summed E-state index contributed by atoms with van der Waals surface area (Å²) in [6.07, 6.45) is -1.52. The lowest BCUT2D eigenvalue weighted by atomic mass is 9.82. The van der Waals surface area contributed by atoms with E-state index >= 15 is 0 Å². The number of benzene rings is 2. The molecular formula is C20H13NO8. The maximum absolute atomic E-state index is 12.9. The number of esters is 2. The fourth-order valence-corrected chi connectivity index (χ4v) is 3.53. The largest absolute Gasteiger partial charge is 0.460 e. The molecule has 29 heavy (non-hydrogen) atoms. The molecule has 9 heteroatoms. The van der Waals surface area contributed by atoms with Crippen LogP contribution in [0.4, 0.5) is 5.69 Å². The van der Waals surface area contributed by atoms with Crippen molar-refractivity contribution in [3.05, 3.63) is 74.3 Å². The molecule has 0 saturated carbocycles. The van der Waals surface area contributed by atoms with Crippen molar-refractivity contribution in [1.29, 1.82) is 0 Å². The van der Waals surface area contributed by atoms with Crippen LogP contribution in [-0.4, -0.2) is 40.6 Å². The Morgan fingerprint density at radius 2 is 1.72 bits per heavy atom. The minimum Gasteiger partial charge on any atom is -0.460 e. The molecule has 1 saturated heterocycles. The Bertz CT molecular complexity index is 1120. The summed E-state index contributed by atoms with van der Waals surface area (Å²) < 4.78 is 9.98. The zero-order valence-corrected chi connectivity index (χ0v) is 15.0. The summed E-state index contributed by atoms with van der Waals surface area (Å²) >= 11 is 0. The van der Waals surface area contributed by atoms with E-state index in [0.29, 0.717) is 0 Å². The first-order valence-corrected chi connectivity index (χ1v) is 8.71. The summed E-state index contributed by atoms with van der Waals surface area (Å²) in [6.45, 7) is 1.62. The maximum atomic E-state index is 12.9. The third kappa shape index (κ3) is 2.87. The second kappa shape index (κ2) is 6.62. The van der Waals surface area contributed by atoms with E-state index < -0.39 is 57.5 Å². The monoisotopic (exact) mass is 395 g/mol. The molecule has 0 aromatic heterocycles. The molecule has 0 radical (unpaired) electrons. The predicted molar refractivity (Wildman–Crippen MR) is 95.8 cm³/mol. The summed E-state index contributed by atoms with van der Waals surface area (Å²) in [6, 6.07) is 8.21. The molecule has 0 bridgehead atoms. The number of ether oxygens (including phenoxy) is 2. The number of carbonyl (C=O) groups excluding carboxylic acids is 4. The maximum Gasteiger partial charge on any atom is 0.347 e. The molecule has 1 aliphatic heterocycles. The van der Waals surface area contributed by atoms with Crippen LogP contribution < -0.4 is 0 Å². The second-order valence-corrected chi connectivity index (χ2v) is 6.72. The minimum atomic E-state index is -1.19. The van der Waals surface area contributed by atoms with Gasteiger partial charge < -0.3 is 9.47 Å². The van der Waals surface area contributed by atoms with E-state index in [9.17, 15) is 29.3 Å². The molecule has 0 N–H and O–H groups in total. The topological polar surface area (TPSA) is 130 Å². The van der Waals surface area contributed by atoms with Crippen molar-refractivity contribution in [1.82, 2.24) is 0 Å². The highest BCUT2D eigenvalue weighted by Crippen LogP contribution is 2.36. The van der Waals surface area contributed by atoms with Crippen LogP contribution in [-0.2, 0) is 14.3 Å². The van der Waals surface area contributed by atoms with Crippen LogP contribution in [0.15, 0.2) is 36.4 Å². The summed E-state index contributed by atoms with van der Waals surface area (Å²) in [4.78, 5) is 60.8. The standard InChI is InChI=1S/C20H13NO8/c1-9-8-14(20(25)28-9)29-19(24)13-7-6-12-15(16(13)21(26)27)18(23)11-5-3-2-4-10(11)17(12)22/h2-7,9,14H,8H2,1H3. The van der Waals surface area contributed by atoms with Crippen molar-refractivity contribution in [2.45, 2.75) is 25.6 Å². The van der Waals surface area contributed by atoms with Crippen molar-refractivity contribution >= 4 is 29.2 Å². The molecule has 146 valence electrons. The molecule has 4 rings (SSSR count). The zero-order chi connectivity index (χ0) is 20.9. The molecule has 0 spiro atoms. The van der Waals surface area contributed by atoms with Crippen LogP contribution in [0.1, 0.15) is 55.5 Å². The first-order valence-electron chi connectivity index (χ1n) is 8.71. The van der Waals surface area contributed by atoms with E-state index in [2.05, 4.69) is 0 Å². The van der Waals surface area contributed by atoms with E-state index in [4.69, 9.17) is 9.47 Å². The highest BCUT2D eigenvalue weighted by Gasteiger charge is 2.41. The summed E-state index contributed by atoms with van der Waals surface area (Å²) in [5.41, 5.74) is -1.80. The van der Waals surface area contributed by atoms with E-state index in [1.54, 1.807) is 13.0 Å². The average molecular weight is 395 g/mol. The van der Waals surface area contributed by atoms with Gasteiger partial charge in [0.1, 0.15) is 17.2 Å². The molecule has 2 unspecified atom stereocenters. The number of nitro groups is 1. The van der Waals surface area contributed by atoms with Gasteiger partial charge in [-0.3, -0.25) is 19.7 Å². The van der Waals surface area contributed by atoms with Gasteiger partial charge >= 0.3 is 11.9 Å². The molecular weight excluding hydrogens is 382 g/mol. The molecule has 2 aliphatic rings. The number of nitrogens with zero attached hydrogens (tertiary/aromatic N) is 1. The minimum absolute atomic E-state index is 0.0202. The van der Waals surface area contributed by atoms with Crippen molar-refractivity contribution in [3.63, 3.8) is 0 Å². The van der Waals surface area contributed by atoms with Crippen LogP contribution in [0.25, 0.3) is 0 Å². The van der Waals surface area contributed by atoms with E-state index in [1.165, 1.54) is 24.3 Å². The summed E-state index contributed by atoms with van der Waals surface area (Å²) in [5.74, 6) is -3.17.